The second-order valence-corrected chi connectivity index (χ2v) is 34.9. The molecule has 7 aromatic rings. The fraction of sp³-hybridized carbons (Fsp3) is 0.519. The van der Waals surface area contributed by atoms with Gasteiger partial charge in [0.2, 0.25) is 0 Å². The van der Waals surface area contributed by atoms with Crippen molar-refractivity contribution in [1.29, 1.82) is 0 Å². The van der Waals surface area contributed by atoms with Crippen LogP contribution >= 0.6 is 11.3 Å². The van der Waals surface area contributed by atoms with Gasteiger partial charge < -0.3 is 9.80 Å². The Balaban J connectivity index is 1.03. The van der Waals surface area contributed by atoms with Crippen molar-refractivity contribution in [3.8, 4) is 11.1 Å². The van der Waals surface area contributed by atoms with Crippen LogP contribution in [0.15, 0.2) is 91.0 Å². The van der Waals surface area contributed by atoms with Crippen LogP contribution in [0.2, 0.25) is 0 Å². The van der Waals surface area contributed by atoms with E-state index in [1.54, 1.807) is 44.5 Å². The SMILES string of the molecule is CC(C)(C)c1ccc2c(c1)C1(c3cc(N4c5cc6c(cc5B5c7sc8cc9c(cc8c7N(c7ccc8c(c7)C(C)(C)CCC8(C)C)c7cc(C8CCCCC8)cc4c75)C(C)(C)CCC9(C)C)C(C)(C)CCC6(C)C)ccc3-2)C2CCC1CC2. The van der Waals surface area contributed by atoms with E-state index in [1.807, 2.05) is 0 Å². The molecule has 4 heteroatoms. The van der Waals surface area contributed by atoms with Crippen LogP contribution in [-0.2, 0) is 43.3 Å². The molecule has 9 aliphatic rings. The minimum atomic E-state index is 0.0536. The minimum absolute atomic E-state index is 0.0536. The van der Waals surface area contributed by atoms with E-state index < -0.39 is 0 Å². The fourth-order valence-electron chi connectivity index (χ4n) is 19.8. The predicted molar refractivity (Wildman–Crippen MR) is 358 cm³/mol. The molecule has 1 aromatic heterocycles. The Bertz CT molecular complexity index is 3930. The molecule has 3 heterocycles. The summed E-state index contributed by atoms with van der Waals surface area (Å²) in [4.78, 5) is 5.77. The van der Waals surface area contributed by atoms with Gasteiger partial charge in [0.05, 0.1) is 5.69 Å². The third-order valence-electron chi connectivity index (χ3n) is 25.1. The van der Waals surface area contributed by atoms with Gasteiger partial charge in [-0.2, -0.15) is 0 Å². The van der Waals surface area contributed by atoms with Crippen molar-refractivity contribution in [3.05, 3.63) is 147 Å². The van der Waals surface area contributed by atoms with Crippen LogP contribution in [0.3, 0.4) is 0 Å². The molecule has 6 aromatic carbocycles. The van der Waals surface area contributed by atoms with Gasteiger partial charge in [-0.05, 0) is 265 Å². The first kappa shape index (κ1) is 53.4. The summed E-state index contributed by atoms with van der Waals surface area (Å²) in [6.07, 6.45) is 19.1. The van der Waals surface area contributed by atoms with E-state index in [4.69, 9.17) is 0 Å². The third kappa shape index (κ3) is 7.32. The van der Waals surface area contributed by atoms with E-state index in [-0.39, 0.29) is 50.0 Å². The summed E-state index contributed by atoms with van der Waals surface area (Å²) in [5.74, 6) is 1.89. The lowest BCUT2D eigenvalue weighted by atomic mass is 9.35. The molecule has 0 saturated heterocycles. The van der Waals surface area contributed by atoms with Crippen LogP contribution in [0.4, 0.5) is 34.1 Å². The molecule has 0 atom stereocenters. The van der Waals surface area contributed by atoms with Gasteiger partial charge >= 0.3 is 0 Å². The molecule has 2 bridgehead atoms. The summed E-state index contributed by atoms with van der Waals surface area (Å²) < 4.78 is 2.99. The highest BCUT2D eigenvalue weighted by Gasteiger charge is 2.61. The molecule has 1 spiro atoms. The van der Waals surface area contributed by atoms with Crippen molar-refractivity contribution < 1.29 is 0 Å². The van der Waals surface area contributed by atoms with Crippen molar-refractivity contribution in [2.45, 2.75) is 249 Å². The largest absolute Gasteiger partial charge is 0.311 e. The average molecular weight is 1110 g/mol. The molecule has 0 amide bonds. The molecule has 3 fully saturated rings. The van der Waals surface area contributed by atoms with Gasteiger partial charge in [-0.3, -0.25) is 0 Å². The molecule has 7 aliphatic carbocycles. The molecule has 83 heavy (non-hydrogen) atoms. The highest BCUT2D eigenvalue weighted by molar-refractivity contribution is 7.33. The molecule has 16 rings (SSSR count). The summed E-state index contributed by atoms with van der Waals surface area (Å²) in [5.41, 5.74) is 30.8. The summed E-state index contributed by atoms with van der Waals surface area (Å²) in [7, 11) is 0. The first-order chi connectivity index (χ1) is 39.2. The molecule has 0 radical (unpaired) electrons. The number of benzene rings is 6. The molecule has 0 unspecified atom stereocenters. The number of rotatable bonds is 3. The lowest BCUT2D eigenvalue weighted by molar-refractivity contribution is 0.332. The summed E-state index contributed by atoms with van der Waals surface area (Å²) in [6.45, 7) is 37.7. The molecule has 428 valence electrons. The van der Waals surface area contributed by atoms with E-state index >= 15 is 0 Å². The Kier molecular flexibility index (Phi) is 11.0. The first-order valence-corrected chi connectivity index (χ1v) is 34.0. The zero-order valence-electron chi connectivity index (χ0n) is 53.4. The predicted octanol–water partition coefficient (Wildman–Crippen LogP) is 20.5. The van der Waals surface area contributed by atoms with Crippen LogP contribution in [0.5, 0.6) is 0 Å². The van der Waals surface area contributed by atoms with Crippen LogP contribution in [0.1, 0.15) is 262 Å². The van der Waals surface area contributed by atoms with Crippen LogP contribution in [0.25, 0.3) is 21.2 Å². The van der Waals surface area contributed by atoms with E-state index in [2.05, 4.69) is 216 Å². The van der Waals surface area contributed by atoms with Gasteiger partial charge in [-0.15, -0.1) is 11.3 Å². The second kappa shape index (κ2) is 17.1. The van der Waals surface area contributed by atoms with E-state index in [1.165, 1.54) is 178 Å². The third-order valence-corrected chi connectivity index (χ3v) is 26.3. The van der Waals surface area contributed by atoms with E-state index in [9.17, 15) is 0 Å². The quantitative estimate of drug-likeness (QED) is 0.163. The molecular weight excluding hydrogens is 1020 g/mol. The molecule has 3 saturated carbocycles. The normalized spacial score (nSPS) is 25.8. The van der Waals surface area contributed by atoms with Gasteiger partial charge in [0.25, 0.3) is 6.71 Å². The number of fused-ring (bicyclic) bond motifs is 12. The van der Waals surface area contributed by atoms with Gasteiger partial charge in [0, 0.05) is 48.7 Å². The lowest BCUT2D eigenvalue weighted by Gasteiger charge is -2.47. The monoisotopic (exact) mass is 1110 g/mol. The van der Waals surface area contributed by atoms with E-state index in [0.717, 1.165) is 0 Å². The topological polar surface area (TPSA) is 6.48 Å². The van der Waals surface area contributed by atoms with Crippen LogP contribution < -0.4 is 25.5 Å². The maximum atomic E-state index is 2.89. The van der Waals surface area contributed by atoms with Crippen molar-refractivity contribution in [2.75, 3.05) is 9.80 Å². The number of hydrogen-bond donors (Lipinski definition) is 0. The Morgan fingerprint density at radius 2 is 0.928 bits per heavy atom. The Morgan fingerprint density at radius 1 is 0.446 bits per heavy atom. The number of thiophene rings is 1. The van der Waals surface area contributed by atoms with Crippen molar-refractivity contribution in [3.63, 3.8) is 0 Å². The van der Waals surface area contributed by atoms with Crippen molar-refractivity contribution >= 4 is 78.0 Å². The molecule has 0 N–H and O–H groups in total. The molecule has 2 nitrogen and oxygen atoms in total. The smallest absolute Gasteiger partial charge is 0.264 e. The second-order valence-electron chi connectivity index (χ2n) is 33.8. The maximum absolute atomic E-state index is 2.89. The zero-order valence-corrected chi connectivity index (χ0v) is 54.2. The number of nitrogens with zero attached hydrogens (tertiary/aromatic N) is 2. The minimum Gasteiger partial charge on any atom is -0.311 e. The van der Waals surface area contributed by atoms with Crippen molar-refractivity contribution in [1.82, 2.24) is 0 Å². The van der Waals surface area contributed by atoms with Gasteiger partial charge in [-0.25, -0.2) is 0 Å². The number of anilines is 6. The number of hydrogen-bond acceptors (Lipinski definition) is 3. The Hall–Kier alpha value is -5.06. The fourth-order valence-corrected chi connectivity index (χ4v) is 21.1. The first-order valence-electron chi connectivity index (χ1n) is 33.2. The zero-order chi connectivity index (χ0) is 57.7. The van der Waals surface area contributed by atoms with Gasteiger partial charge in [0.15, 0.2) is 0 Å². The average Bonchev–Trinajstić information content (AvgIpc) is 1.67. The highest BCUT2D eigenvalue weighted by Crippen LogP contribution is 2.69. The Labute approximate surface area is 503 Å². The van der Waals surface area contributed by atoms with E-state index in [0.29, 0.717) is 17.8 Å². The standard InChI is InChI=1S/C79H93BN2S/c1-72(2,3)50-25-28-53-54-29-26-51(40-58(54)79(57(53)39-50)48-21-22-49(79)24-23-48)81-65-44-62-61(76(10,11)34-35-77(62,12)13)43-64(65)80-69-66(81)37-47(46-19-17-16-18-20-46)38-67(69)82(52-27-30-56-59(41-52)74(6,7)32-31-73(56,4)5)70-55-42-60-63(45-68(55)83-71(70)80)78(14,15)36-33-75(60,8)9/h25-30,37-46,48-49H,16-24,31-36H2,1-15H3. The maximum Gasteiger partial charge on any atom is 0.264 e. The molecular formula is C79H93BN2S. The lowest BCUT2D eigenvalue weighted by Crippen LogP contribution is -2.61. The van der Waals surface area contributed by atoms with Gasteiger partial charge in [0.1, 0.15) is 0 Å². The summed E-state index contributed by atoms with van der Waals surface area (Å²) in [5, 5.41) is 1.45. The van der Waals surface area contributed by atoms with Crippen LogP contribution in [0, 0.1) is 11.8 Å². The van der Waals surface area contributed by atoms with Gasteiger partial charge in [-0.1, -0.05) is 160 Å². The highest BCUT2D eigenvalue weighted by atomic mass is 32.1. The van der Waals surface area contributed by atoms with Crippen LogP contribution in [-0.4, -0.2) is 6.71 Å². The van der Waals surface area contributed by atoms with Crippen molar-refractivity contribution in [2.24, 2.45) is 11.8 Å². The molecule has 2 aliphatic heterocycles. The Morgan fingerprint density at radius 3 is 1.53 bits per heavy atom. The summed E-state index contributed by atoms with van der Waals surface area (Å²) in [6, 6.07) is 40.1. The summed E-state index contributed by atoms with van der Waals surface area (Å²) >= 11 is 2.14.